The van der Waals surface area contributed by atoms with Crippen LogP contribution in [0.15, 0.2) is 51.7 Å². The van der Waals surface area contributed by atoms with Crippen molar-refractivity contribution in [2.75, 3.05) is 18.1 Å². The van der Waals surface area contributed by atoms with Crippen molar-refractivity contribution in [2.45, 2.75) is 32.2 Å². The number of rotatable bonds is 6. The minimum atomic E-state index is -0.393. The summed E-state index contributed by atoms with van der Waals surface area (Å²) >= 11 is 3.50. The zero-order valence-corrected chi connectivity index (χ0v) is 17.7. The van der Waals surface area contributed by atoms with E-state index in [1.165, 1.54) is 0 Å². The Balaban J connectivity index is 1.82. The van der Waals surface area contributed by atoms with E-state index in [1.54, 1.807) is 15.5 Å². The Morgan fingerprint density at radius 1 is 1.17 bits per heavy atom. The Kier molecular flexibility index (Phi) is 5.52. The summed E-state index contributed by atoms with van der Waals surface area (Å²) in [7, 11) is 0. The molecule has 29 heavy (non-hydrogen) atoms. The lowest BCUT2D eigenvalue weighted by molar-refractivity contribution is -0.119. The Morgan fingerprint density at radius 3 is 2.72 bits per heavy atom. The fraction of sp³-hybridized carbons (Fsp3) is 0.318. The summed E-state index contributed by atoms with van der Waals surface area (Å²) in [5.41, 5.74) is 2.35. The van der Waals surface area contributed by atoms with Crippen LogP contribution in [-0.2, 0) is 17.8 Å². The van der Waals surface area contributed by atoms with E-state index >= 15 is 0 Å². The molecule has 150 valence electrons. The van der Waals surface area contributed by atoms with Gasteiger partial charge >= 0.3 is 0 Å². The zero-order chi connectivity index (χ0) is 20.5. The Morgan fingerprint density at radius 2 is 1.97 bits per heavy atom. The van der Waals surface area contributed by atoms with E-state index in [2.05, 4.69) is 15.9 Å². The molecule has 0 aliphatic carbocycles. The van der Waals surface area contributed by atoms with Gasteiger partial charge in [0, 0.05) is 36.3 Å². The first-order valence-corrected chi connectivity index (χ1v) is 10.5. The molecule has 1 aliphatic heterocycles. The molecule has 0 fully saturated rings. The monoisotopic (exact) mass is 455 g/mol. The predicted molar refractivity (Wildman–Crippen MR) is 116 cm³/mol. The summed E-state index contributed by atoms with van der Waals surface area (Å²) in [6, 6.07) is 13.1. The summed E-state index contributed by atoms with van der Waals surface area (Å²) in [4.78, 5) is 32.7. The SMILES string of the molecule is CCN1C(=O)C(Cc2nc3ccccc3c(=O)n2CCCO)c2cc(Br)ccc21. The summed E-state index contributed by atoms with van der Waals surface area (Å²) < 4.78 is 2.52. The third-order valence-electron chi connectivity index (χ3n) is 5.40. The van der Waals surface area contributed by atoms with Crippen molar-refractivity contribution in [1.29, 1.82) is 0 Å². The van der Waals surface area contributed by atoms with Crippen LogP contribution in [0.25, 0.3) is 10.9 Å². The van der Waals surface area contributed by atoms with Gasteiger partial charge in [0.25, 0.3) is 5.56 Å². The molecule has 0 radical (unpaired) electrons. The Labute approximate surface area is 176 Å². The molecule has 1 aromatic heterocycles. The van der Waals surface area contributed by atoms with Gasteiger partial charge in [-0.3, -0.25) is 14.2 Å². The van der Waals surface area contributed by atoms with E-state index < -0.39 is 5.92 Å². The van der Waals surface area contributed by atoms with E-state index in [0.717, 1.165) is 15.7 Å². The van der Waals surface area contributed by atoms with Crippen molar-refractivity contribution in [3.05, 3.63) is 68.7 Å². The van der Waals surface area contributed by atoms with Gasteiger partial charge in [0.2, 0.25) is 5.91 Å². The third-order valence-corrected chi connectivity index (χ3v) is 5.90. The number of aliphatic hydroxyl groups is 1. The van der Waals surface area contributed by atoms with E-state index in [9.17, 15) is 14.7 Å². The number of para-hydroxylation sites is 1. The summed E-state index contributed by atoms with van der Waals surface area (Å²) in [5.74, 6) is 0.206. The zero-order valence-electron chi connectivity index (χ0n) is 16.1. The molecular weight excluding hydrogens is 434 g/mol. The average molecular weight is 456 g/mol. The maximum Gasteiger partial charge on any atom is 0.261 e. The van der Waals surface area contributed by atoms with Crippen molar-refractivity contribution < 1.29 is 9.90 Å². The molecule has 3 aromatic rings. The molecule has 0 saturated carbocycles. The lowest BCUT2D eigenvalue weighted by Crippen LogP contribution is -2.31. The van der Waals surface area contributed by atoms with Crippen molar-refractivity contribution in [3.63, 3.8) is 0 Å². The molecule has 0 saturated heterocycles. The van der Waals surface area contributed by atoms with Crippen molar-refractivity contribution in [2.24, 2.45) is 0 Å². The summed E-state index contributed by atoms with van der Waals surface area (Å²) in [6.45, 7) is 2.90. The second-order valence-corrected chi connectivity index (χ2v) is 8.04. The topological polar surface area (TPSA) is 75.4 Å². The summed E-state index contributed by atoms with van der Waals surface area (Å²) in [6.07, 6.45) is 0.791. The van der Waals surface area contributed by atoms with Crippen LogP contribution in [0.5, 0.6) is 0 Å². The van der Waals surface area contributed by atoms with E-state index in [1.807, 2.05) is 43.3 Å². The molecule has 1 unspecified atom stereocenters. The van der Waals surface area contributed by atoms with Gasteiger partial charge in [0.1, 0.15) is 5.82 Å². The number of carbonyl (C=O) groups excluding carboxylic acids is 1. The van der Waals surface area contributed by atoms with Gasteiger partial charge in [-0.2, -0.15) is 0 Å². The second kappa shape index (κ2) is 8.08. The molecular formula is C22H22BrN3O3. The van der Waals surface area contributed by atoms with Crippen molar-refractivity contribution in [1.82, 2.24) is 9.55 Å². The molecule has 1 amide bonds. The Hall–Kier alpha value is -2.51. The lowest BCUT2D eigenvalue weighted by Gasteiger charge is -2.17. The van der Waals surface area contributed by atoms with Crippen LogP contribution in [0.3, 0.4) is 0 Å². The molecule has 2 aromatic carbocycles. The van der Waals surface area contributed by atoms with Crippen molar-refractivity contribution in [3.8, 4) is 0 Å². The van der Waals surface area contributed by atoms with Gasteiger partial charge in [0.15, 0.2) is 0 Å². The molecule has 0 bridgehead atoms. The number of nitrogens with zero attached hydrogens (tertiary/aromatic N) is 3. The van der Waals surface area contributed by atoms with Crippen LogP contribution in [0.4, 0.5) is 5.69 Å². The molecule has 1 N–H and O–H groups in total. The molecule has 7 heteroatoms. The van der Waals surface area contributed by atoms with Crippen LogP contribution in [0.1, 0.15) is 30.7 Å². The highest BCUT2D eigenvalue weighted by Crippen LogP contribution is 2.40. The maximum atomic E-state index is 13.1. The number of halogens is 1. The fourth-order valence-electron chi connectivity index (χ4n) is 4.03. The maximum absolute atomic E-state index is 13.1. The minimum absolute atomic E-state index is 0.0134. The highest BCUT2D eigenvalue weighted by Gasteiger charge is 2.37. The van der Waals surface area contributed by atoms with Crippen LogP contribution in [0.2, 0.25) is 0 Å². The first-order chi connectivity index (χ1) is 14.0. The number of hydrogen-bond donors (Lipinski definition) is 1. The normalized spacial score (nSPS) is 15.9. The number of hydrogen-bond acceptors (Lipinski definition) is 4. The highest BCUT2D eigenvalue weighted by molar-refractivity contribution is 9.10. The van der Waals surface area contributed by atoms with Gasteiger partial charge in [-0.1, -0.05) is 28.1 Å². The lowest BCUT2D eigenvalue weighted by atomic mass is 9.96. The van der Waals surface area contributed by atoms with Gasteiger partial charge in [-0.15, -0.1) is 0 Å². The van der Waals surface area contributed by atoms with Gasteiger partial charge in [-0.25, -0.2) is 4.98 Å². The number of carbonyl (C=O) groups is 1. The number of benzene rings is 2. The van der Waals surface area contributed by atoms with Gasteiger partial charge in [0.05, 0.1) is 16.8 Å². The smallest absolute Gasteiger partial charge is 0.261 e. The van der Waals surface area contributed by atoms with Gasteiger partial charge in [-0.05, 0) is 49.2 Å². The summed E-state index contributed by atoms with van der Waals surface area (Å²) in [5, 5.41) is 9.82. The number of anilines is 1. The predicted octanol–water partition coefficient (Wildman–Crippen LogP) is 3.23. The highest BCUT2D eigenvalue weighted by atomic mass is 79.9. The Bertz CT molecular complexity index is 1140. The first kappa shape index (κ1) is 19.8. The number of aliphatic hydroxyl groups excluding tert-OH is 1. The van der Waals surface area contributed by atoms with Crippen LogP contribution >= 0.6 is 15.9 Å². The van der Waals surface area contributed by atoms with Crippen LogP contribution in [-0.4, -0.2) is 33.7 Å². The fourth-order valence-corrected chi connectivity index (χ4v) is 4.40. The van der Waals surface area contributed by atoms with E-state index in [0.29, 0.717) is 42.7 Å². The molecule has 4 rings (SSSR count). The quantitative estimate of drug-likeness (QED) is 0.618. The number of amides is 1. The minimum Gasteiger partial charge on any atom is -0.396 e. The van der Waals surface area contributed by atoms with E-state index in [4.69, 9.17) is 4.98 Å². The number of fused-ring (bicyclic) bond motifs is 2. The standard InChI is InChI=1S/C22H22BrN3O3/c1-2-25-19-9-8-14(23)12-16(19)17(22(25)29)13-20-24-18-7-4-3-6-15(18)21(28)26(20)10-5-11-27/h3-4,6-9,12,17,27H,2,5,10-11,13H2,1H3. The molecule has 1 aliphatic rings. The van der Waals surface area contributed by atoms with Crippen LogP contribution in [0, 0.1) is 0 Å². The van der Waals surface area contributed by atoms with Gasteiger partial charge < -0.3 is 10.0 Å². The van der Waals surface area contributed by atoms with Crippen molar-refractivity contribution >= 4 is 38.4 Å². The largest absolute Gasteiger partial charge is 0.396 e. The number of likely N-dealkylation sites (N-methyl/N-ethyl adjacent to an activating group) is 1. The number of aromatic nitrogens is 2. The van der Waals surface area contributed by atoms with Crippen LogP contribution < -0.4 is 10.5 Å². The molecule has 6 nitrogen and oxygen atoms in total. The third kappa shape index (κ3) is 3.49. The molecule has 2 heterocycles. The van der Waals surface area contributed by atoms with E-state index in [-0.39, 0.29) is 18.1 Å². The average Bonchev–Trinajstić information content (AvgIpc) is 2.98. The first-order valence-electron chi connectivity index (χ1n) is 9.75. The second-order valence-electron chi connectivity index (χ2n) is 7.12. The molecule has 0 spiro atoms. The molecule has 1 atom stereocenters.